The van der Waals surface area contributed by atoms with Gasteiger partial charge >= 0.3 is 0 Å². The zero-order valence-electron chi connectivity index (χ0n) is 15.2. The topological polar surface area (TPSA) is 62.7 Å². The molecule has 1 aromatic heterocycles. The SMILES string of the molecule is O=C(c1cccnc1)N1CCC[C@]2(CCN(C(=O)C3CCOCC3)C2)C1. The van der Waals surface area contributed by atoms with E-state index in [1.807, 2.05) is 15.9 Å². The summed E-state index contributed by atoms with van der Waals surface area (Å²) in [7, 11) is 0. The molecule has 1 aromatic rings. The van der Waals surface area contributed by atoms with Gasteiger partial charge in [0.15, 0.2) is 0 Å². The Hall–Kier alpha value is -1.95. The van der Waals surface area contributed by atoms with E-state index >= 15 is 0 Å². The quantitative estimate of drug-likeness (QED) is 0.812. The lowest BCUT2D eigenvalue weighted by Gasteiger charge is -2.40. The molecule has 6 nitrogen and oxygen atoms in total. The molecule has 0 saturated carbocycles. The van der Waals surface area contributed by atoms with Crippen molar-refractivity contribution < 1.29 is 14.3 Å². The Balaban J connectivity index is 1.41. The third kappa shape index (κ3) is 3.47. The molecule has 0 unspecified atom stereocenters. The van der Waals surface area contributed by atoms with Crippen LogP contribution in [0.4, 0.5) is 0 Å². The summed E-state index contributed by atoms with van der Waals surface area (Å²) in [5.74, 6) is 0.475. The molecule has 2 amide bonds. The first kappa shape index (κ1) is 17.5. The van der Waals surface area contributed by atoms with E-state index in [1.165, 1.54) is 0 Å². The van der Waals surface area contributed by atoms with Crippen molar-refractivity contribution in [3.63, 3.8) is 0 Å². The van der Waals surface area contributed by atoms with Crippen LogP contribution in [0.1, 0.15) is 42.5 Å². The third-order valence-electron chi connectivity index (χ3n) is 6.18. The average Bonchev–Trinajstić information content (AvgIpc) is 3.11. The van der Waals surface area contributed by atoms with Crippen molar-refractivity contribution >= 4 is 11.8 Å². The molecule has 26 heavy (non-hydrogen) atoms. The number of amides is 2. The van der Waals surface area contributed by atoms with Crippen LogP contribution in [0.2, 0.25) is 0 Å². The Bertz CT molecular complexity index is 660. The first-order chi connectivity index (χ1) is 12.7. The summed E-state index contributed by atoms with van der Waals surface area (Å²) in [6.45, 7) is 4.55. The van der Waals surface area contributed by atoms with Crippen molar-refractivity contribution in [3.8, 4) is 0 Å². The molecule has 4 heterocycles. The normalized spacial score (nSPS) is 27.1. The molecular formula is C20H27N3O3. The molecular weight excluding hydrogens is 330 g/mol. The lowest BCUT2D eigenvalue weighted by Crippen LogP contribution is -2.48. The van der Waals surface area contributed by atoms with E-state index < -0.39 is 0 Å². The smallest absolute Gasteiger partial charge is 0.255 e. The summed E-state index contributed by atoms with van der Waals surface area (Å²) in [5.41, 5.74) is 0.717. The van der Waals surface area contributed by atoms with Crippen molar-refractivity contribution in [2.24, 2.45) is 11.3 Å². The molecule has 0 N–H and O–H groups in total. The highest BCUT2D eigenvalue weighted by Crippen LogP contribution is 2.40. The number of hydrogen-bond donors (Lipinski definition) is 0. The molecule has 1 atom stereocenters. The standard InChI is InChI=1S/C20H27N3O3/c24-18(16-4-11-26-12-5-16)23-10-7-20(15-23)6-2-9-22(14-20)19(25)17-3-1-8-21-13-17/h1,3,8,13,16H,2,4-7,9-12,14-15H2/t20-/m0/s1. The van der Waals surface area contributed by atoms with Gasteiger partial charge in [0.2, 0.25) is 5.91 Å². The maximum atomic E-state index is 12.8. The maximum absolute atomic E-state index is 12.8. The Morgan fingerprint density at radius 2 is 1.92 bits per heavy atom. The lowest BCUT2D eigenvalue weighted by molar-refractivity contribution is -0.138. The first-order valence-corrected chi connectivity index (χ1v) is 9.73. The number of ether oxygens (including phenoxy) is 1. The summed E-state index contributed by atoms with van der Waals surface area (Å²) in [6.07, 6.45) is 8.11. The molecule has 3 fully saturated rings. The molecule has 1 spiro atoms. The van der Waals surface area contributed by atoms with E-state index in [2.05, 4.69) is 4.98 Å². The Morgan fingerprint density at radius 1 is 1.12 bits per heavy atom. The lowest BCUT2D eigenvalue weighted by atomic mass is 9.79. The fourth-order valence-electron chi connectivity index (χ4n) is 4.71. The third-order valence-corrected chi connectivity index (χ3v) is 6.18. The Morgan fingerprint density at radius 3 is 2.69 bits per heavy atom. The second-order valence-electron chi connectivity index (χ2n) is 7.97. The Kier molecular flexibility index (Phi) is 4.94. The molecule has 4 rings (SSSR count). The van der Waals surface area contributed by atoms with Gasteiger partial charge in [-0.15, -0.1) is 0 Å². The van der Waals surface area contributed by atoms with Crippen molar-refractivity contribution in [2.75, 3.05) is 39.4 Å². The second kappa shape index (κ2) is 7.35. The number of rotatable bonds is 2. The highest BCUT2D eigenvalue weighted by Gasteiger charge is 2.44. The van der Waals surface area contributed by atoms with Crippen LogP contribution >= 0.6 is 0 Å². The van der Waals surface area contributed by atoms with Gasteiger partial charge in [-0.1, -0.05) is 0 Å². The number of likely N-dealkylation sites (tertiary alicyclic amines) is 2. The van der Waals surface area contributed by atoms with Gasteiger partial charge in [-0.3, -0.25) is 14.6 Å². The number of pyridine rings is 1. The van der Waals surface area contributed by atoms with Gasteiger partial charge in [-0.05, 0) is 44.2 Å². The monoisotopic (exact) mass is 357 g/mol. The van der Waals surface area contributed by atoms with Crippen molar-refractivity contribution in [2.45, 2.75) is 32.1 Å². The molecule has 0 aliphatic carbocycles. The molecule has 0 radical (unpaired) electrons. The first-order valence-electron chi connectivity index (χ1n) is 9.73. The number of hydrogen-bond acceptors (Lipinski definition) is 4. The fourth-order valence-corrected chi connectivity index (χ4v) is 4.71. The van der Waals surface area contributed by atoms with E-state index in [0.29, 0.717) is 24.7 Å². The van der Waals surface area contributed by atoms with Crippen LogP contribution in [0.5, 0.6) is 0 Å². The molecule has 0 bridgehead atoms. The number of nitrogens with zero attached hydrogens (tertiary/aromatic N) is 3. The molecule has 3 aliphatic rings. The van der Waals surface area contributed by atoms with Crippen LogP contribution in [-0.2, 0) is 9.53 Å². The average molecular weight is 357 g/mol. The van der Waals surface area contributed by atoms with E-state index in [9.17, 15) is 9.59 Å². The summed E-state index contributed by atoms with van der Waals surface area (Å²) in [6, 6.07) is 3.63. The van der Waals surface area contributed by atoms with Crippen LogP contribution in [0.3, 0.4) is 0 Å². The van der Waals surface area contributed by atoms with Gasteiger partial charge in [-0.2, -0.15) is 0 Å². The number of aromatic nitrogens is 1. The largest absolute Gasteiger partial charge is 0.381 e. The maximum Gasteiger partial charge on any atom is 0.255 e. The predicted molar refractivity (Wildman–Crippen MR) is 96.5 cm³/mol. The number of carbonyl (C=O) groups excluding carboxylic acids is 2. The van der Waals surface area contributed by atoms with Crippen LogP contribution in [0.25, 0.3) is 0 Å². The minimum absolute atomic E-state index is 0.0615. The van der Waals surface area contributed by atoms with Gasteiger partial charge in [0.25, 0.3) is 5.91 Å². The number of carbonyl (C=O) groups is 2. The van der Waals surface area contributed by atoms with Gasteiger partial charge in [0, 0.05) is 63.1 Å². The van der Waals surface area contributed by atoms with Gasteiger partial charge < -0.3 is 14.5 Å². The summed E-state index contributed by atoms with van der Waals surface area (Å²) >= 11 is 0. The number of piperidine rings is 1. The zero-order chi connectivity index (χ0) is 18.0. The molecule has 3 saturated heterocycles. The highest BCUT2D eigenvalue weighted by molar-refractivity contribution is 5.94. The van der Waals surface area contributed by atoms with E-state index in [-0.39, 0.29) is 17.2 Å². The summed E-state index contributed by atoms with van der Waals surface area (Å²) in [4.78, 5) is 33.7. The minimum atomic E-state index is 0.0615. The van der Waals surface area contributed by atoms with Gasteiger partial charge in [0.05, 0.1) is 5.56 Å². The zero-order valence-corrected chi connectivity index (χ0v) is 15.2. The minimum Gasteiger partial charge on any atom is -0.381 e. The van der Waals surface area contributed by atoms with Gasteiger partial charge in [0.1, 0.15) is 0 Å². The molecule has 0 aromatic carbocycles. The van der Waals surface area contributed by atoms with E-state index in [0.717, 1.165) is 58.3 Å². The second-order valence-corrected chi connectivity index (χ2v) is 7.97. The highest BCUT2D eigenvalue weighted by atomic mass is 16.5. The van der Waals surface area contributed by atoms with E-state index in [4.69, 9.17) is 4.74 Å². The van der Waals surface area contributed by atoms with Crippen molar-refractivity contribution in [1.82, 2.24) is 14.8 Å². The summed E-state index contributed by atoms with van der Waals surface area (Å²) < 4.78 is 5.38. The summed E-state index contributed by atoms with van der Waals surface area (Å²) in [5, 5.41) is 0. The van der Waals surface area contributed by atoms with E-state index in [1.54, 1.807) is 18.5 Å². The van der Waals surface area contributed by atoms with Crippen LogP contribution in [-0.4, -0.2) is 66.0 Å². The predicted octanol–water partition coefficient (Wildman–Crippen LogP) is 1.96. The molecule has 6 heteroatoms. The molecule has 140 valence electrons. The van der Waals surface area contributed by atoms with Crippen molar-refractivity contribution in [3.05, 3.63) is 30.1 Å². The Labute approximate surface area is 154 Å². The fraction of sp³-hybridized carbons (Fsp3) is 0.650. The molecule has 3 aliphatic heterocycles. The van der Waals surface area contributed by atoms with Crippen LogP contribution in [0.15, 0.2) is 24.5 Å². The van der Waals surface area contributed by atoms with Gasteiger partial charge in [-0.25, -0.2) is 0 Å². The van der Waals surface area contributed by atoms with Crippen molar-refractivity contribution in [1.29, 1.82) is 0 Å². The van der Waals surface area contributed by atoms with Crippen LogP contribution in [0, 0.1) is 11.3 Å². The van der Waals surface area contributed by atoms with Crippen LogP contribution < -0.4 is 0 Å².